The predicted molar refractivity (Wildman–Crippen MR) is 98.4 cm³/mol. The maximum Gasteiger partial charge on any atom is 0.240 e. The fourth-order valence-electron chi connectivity index (χ4n) is 3.29. The van der Waals surface area contributed by atoms with Gasteiger partial charge >= 0.3 is 0 Å². The average molecular weight is 340 g/mol. The molecule has 2 aromatic carbocycles. The molecule has 0 spiro atoms. The van der Waals surface area contributed by atoms with Crippen molar-refractivity contribution in [1.82, 2.24) is 5.32 Å². The lowest BCUT2D eigenvalue weighted by Gasteiger charge is -2.29. The van der Waals surface area contributed by atoms with Crippen LogP contribution >= 0.6 is 0 Å². The second kappa shape index (κ2) is 8.03. The van der Waals surface area contributed by atoms with Gasteiger partial charge in [0, 0.05) is 24.3 Å². The van der Waals surface area contributed by atoms with E-state index in [2.05, 4.69) is 11.4 Å². The van der Waals surface area contributed by atoms with E-state index in [-0.39, 0.29) is 12.5 Å². The molecule has 1 aliphatic heterocycles. The van der Waals surface area contributed by atoms with Crippen molar-refractivity contribution in [3.63, 3.8) is 0 Å². The Bertz CT molecular complexity index is 745. The van der Waals surface area contributed by atoms with Gasteiger partial charge in [-0.3, -0.25) is 4.79 Å². The van der Waals surface area contributed by atoms with Gasteiger partial charge in [-0.2, -0.15) is 0 Å². The highest BCUT2D eigenvalue weighted by Crippen LogP contribution is 2.30. The average Bonchev–Trinajstić information content (AvgIpc) is 2.67. The lowest BCUT2D eigenvalue weighted by Crippen LogP contribution is -2.41. The van der Waals surface area contributed by atoms with E-state index < -0.39 is 0 Å². The molecule has 0 saturated carbocycles. The molecule has 0 fully saturated rings. The van der Waals surface area contributed by atoms with Crippen LogP contribution < -0.4 is 19.7 Å². The monoisotopic (exact) mass is 340 g/mol. The van der Waals surface area contributed by atoms with Gasteiger partial charge in [0.15, 0.2) is 11.5 Å². The molecule has 5 nitrogen and oxygen atoms in total. The third-order valence-corrected chi connectivity index (χ3v) is 4.49. The number of nitrogens with one attached hydrogen (secondary N) is 1. The van der Waals surface area contributed by atoms with Crippen molar-refractivity contribution in [3.05, 3.63) is 53.6 Å². The number of hydrogen-bond donors (Lipinski definition) is 1. The molecule has 25 heavy (non-hydrogen) atoms. The molecule has 1 aliphatic rings. The zero-order valence-electron chi connectivity index (χ0n) is 14.7. The standard InChI is InChI=1S/C20H24N2O3/c1-24-18-11-5-8-16(20(18)25-2)13-21-14-19(23)22-12-6-9-15-7-3-4-10-17(15)22/h3-5,7-8,10-11,21H,6,9,12-14H2,1-2H3. The minimum Gasteiger partial charge on any atom is -0.493 e. The van der Waals surface area contributed by atoms with Crippen molar-refractivity contribution in [2.75, 3.05) is 32.2 Å². The first kappa shape index (κ1) is 17.3. The third-order valence-electron chi connectivity index (χ3n) is 4.49. The SMILES string of the molecule is COc1cccc(CNCC(=O)N2CCCc3ccccc32)c1OC. The highest BCUT2D eigenvalue weighted by Gasteiger charge is 2.21. The fourth-order valence-corrected chi connectivity index (χ4v) is 3.29. The second-order valence-electron chi connectivity index (χ2n) is 6.03. The minimum atomic E-state index is 0.0917. The van der Waals surface area contributed by atoms with Crippen LogP contribution in [0.15, 0.2) is 42.5 Å². The lowest BCUT2D eigenvalue weighted by molar-refractivity contribution is -0.117. The summed E-state index contributed by atoms with van der Waals surface area (Å²) in [4.78, 5) is 14.5. The molecule has 1 N–H and O–H groups in total. The van der Waals surface area contributed by atoms with Crippen LogP contribution in [0.4, 0.5) is 5.69 Å². The summed E-state index contributed by atoms with van der Waals surface area (Å²) >= 11 is 0. The van der Waals surface area contributed by atoms with E-state index in [1.165, 1.54) is 5.56 Å². The Morgan fingerprint density at radius 2 is 1.96 bits per heavy atom. The van der Waals surface area contributed by atoms with Gasteiger partial charge in [-0.25, -0.2) is 0 Å². The van der Waals surface area contributed by atoms with Gasteiger partial charge in [-0.05, 0) is 30.5 Å². The maximum absolute atomic E-state index is 12.6. The van der Waals surface area contributed by atoms with Crippen molar-refractivity contribution in [1.29, 1.82) is 0 Å². The topological polar surface area (TPSA) is 50.8 Å². The molecule has 132 valence electrons. The molecule has 0 unspecified atom stereocenters. The lowest BCUT2D eigenvalue weighted by atomic mass is 10.0. The smallest absolute Gasteiger partial charge is 0.240 e. The van der Waals surface area contributed by atoms with Gasteiger partial charge in [0.1, 0.15) is 0 Å². The number of anilines is 1. The predicted octanol–water partition coefficient (Wildman–Crippen LogP) is 2.77. The van der Waals surface area contributed by atoms with Crippen molar-refractivity contribution < 1.29 is 14.3 Å². The van der Waals surface area contributed by atoms with Crippen LogP contribution in [0, 0.1) is 0 Å². The van der Waals surface area contributed by atoms with Gasteiger partial charge in [0.05, 0.1) is 20.8 Å². The van der Waals surface area contributed by atoms with Crippen LogP contribution in [0.5, 0.6) is 11.5 Å². The zero-order chi connectivity index (χ0) is 17.6. The first-order valence-electron chi connectivity index (χ1n) is 8.53. The third kappa shape index (κ3) is 3.77. The van der Waals surface area contributed by atoms with E-state index in [1.807, 2.05) is 41.3 Å². The zero-order valence-corrected chi connectivity index (χ0v) is 14.7. The molecule has 1 amide bonds. The number of rotatable bonds is 6. The van der Waals surface area contributed by atoms with Crippen LogP contribution in [0.2, 0.25) is 0 Å². The van der Waals surface area contributed by atoms with E-state index in [1.54, 1.807) is 14.2 Å². The number of aryl methyl sites for hydroxylation is 1. The van der Waals surface area contributed by atoms with E-state index in [9.17, 15) is 4.79 Å². The molecule has 0 bridgehead atoms. The van der Waals surface area contributed by atoms with Crippen LogP contribution in [-0.2, 0) is 17.8 Å². The molecular formula is C20H24N2O3. The summed E-state index contributed by atoms with van der Waals surface area (Å²) in [6.45, 7) is 1.61. The van der Waals surface area contributed by atoms with Crippen LogP contribution in [-0.4, -0.2) is 33.2 Å². The highest BCUT2D eigenvalue weighted by atomic mass is 16.5. The van der Waals surface area contributed by atoms with E-state index >= 15 is 0 Å². The van der Waals surface area contributed by atoms with Gasteiger partial charge < -0.3 is 19.7 Å². The molecule has 0 atom stereocenters. The Kier molecular flexibility index (Phi) is 5.56. The quantitative estimate of drug-likeness (QED) is 0.878. The van der Waals surface area contributed by atoms with Crippen molar-refractivity contribution in [2.24, 2.45) is 0 Å². The number of carbonyl (C=O) groups is 1. The Morgan fingerprint density at radius 1 is 1.12 bits per heavy atom. The summed E-state index contributed by atoms with van der Waals surface area (Å²) in [5.41, 5.74) is 3.25. The molecule has 0 aromatic heterocycles. The summed E-state index contributed by atoms with van der Waals surface area (Å²) < 4.78 is 10.7. The summed E-state index contributed by atoms with van der Waals surface area (Å²) in [7, 11) is 3.24. The molecule has 0 saturated heterocycles. The van der Waals surface area contributed by atoms with Crippen LogP contribution in [0.1, 0.15) is 17.5 Å². The Hall–Kier alpha value is -2.53. The normalized spacial score (nSPS) is 13.3. The summed E-state index contributed by atoms with van der Waals surface area (Å²) in [6.07, 6.45) is 2.04. The number of nitrogens with zero attached hydrogens (tertiary/aromatic N) is 1. The molecule has 1 heterocycles. The molecule has 0 aliphatic carbocycles. The Labute approximate surface area is 148 Å². The fraction of sp³-hybridized carbons (Fsp3) is 0.350. The van der Waals surface area contributed by atoms with Crippen molar-refractivity contribution >= 4 is 11.6 Å². The van der Waals surface area contributed by atoms with Crippen LogP contribution in [0.25, 0.3) is 0 Å². The van der Waals surface area contributed by atoms with E-state index in [4.69, 9.17) is 9.47 Å². The van der Waals surface area contributed by atoms with Crippen LogP contribution in [0.3, 0.4) is 0 Å². The number of benzene rings is 2. The maximum atomic E-state index is 12.6. The number of ether oxygens (including phenoxy) is 2. The number of hydrogen-bond acceptors (Lipinski definition) is 4. The molecule has 2 aromatic rings. The largest absolute Gasteiger partial charge is 0.493 e. The number of amides is 1. The summed E-state index contributed by atoms with van der Waals surface area (Å²) in [6, 6.07) is 13.9. The number of methoxy groups -OCH3 is 2. The summed E-state index contributed by atoms with van der Waals surface area (Å²) in [5, 5.41) is 3.23. The highest BCUT2D eigenvalue weighted by molar-refractivity contribution is 5.95. The minimum absolute atomic E-state index is 0.0917. The Balaban J connectivity index is 1.63. The van der Waals surface area contributed by atoms with Crippen molar-refractivity contribution in [2.45, 2.75) is 19.4 Å². The number of carbonyl (C=O) groups excluding carboxylic acids is 1. The first-order chi connectivity index (χ1) is 12.2. The van der Waals surface area contributed by atoms with Gasteiger partial charge in [-0.15, -0.1) is 0 Å². The molecule has 5 heteroatoms. The summed E-state index contributed by atoms with van der Waals surface area (Å²) in [5.74, 6) is 1.49. The van der Waals surface area contributed by atoms with Gasteiger partial charge in [0.25, 0.3) is 0 Å². The second-order valence-corrected chi connectivity index (χ2v) is 6.03. The molecular weight excluding hydrogens is 316 g/mol. The van der Waals surface area contributed by atoms with Crippen molar-refractivity contribution in [3.8, 4) is 11.5 Å². The van der Waals surface area contributed by atoms with Gasteiger partial charge in [0.2, 0.25) is 5.91 Å². The molecule has 3 rings (SSSR count). The first-order valence-corrected chi connectivity index (χ1v) is 8.53. The molecule has 0 radical (unpaired) electrons. The number of fused-ring (bicyclic) bond motifs is 1. The van der Waals surface area contributed by atoms with Gasteiger partial charge in [-0.1, -0.05) is 30.3 Å². The Morgan fingerprint density at radius 3 is 2.76 bits per heavy atom. The number of para-hydroxylation sites is 2. The van der Waals surface area contributed by atoms with E-state index in [0.717, 1.165) is 30.6 Å². The van der Waals surface area contributed by atoms with E-state index in [0.29, 0.717) is 18.0 Å².